The topological polar surface area (TPSA) is 111 Å². The van der Waals surface area contributed by atoms with Crippen molar-refractivity contribution < 1.29 is 23.1 Å². The summed E-state index contributed by atoms with van der Waals surface area (Å²) in [5.74, 6) is -0.788. The fourth-order valence-electron chi connectivity index (χ4n) is 4.04. The van der Waals surface area contributed by atoms with Crippen LogP contribution < -0.4 is 21.1 Å². The molecule has 0 fully saturated rings. The van der Waals surface area contributed by atoms with E-state index in [0.29, 0.717) is 39.8 Å². The third-order valence-electron chi connectivity index (χ3n) is 6.26. The summed E-state index contributed by atoms with van der Waals surface area (Å²) in [6, 6.07) is 13.8. The highest BCUT2D eigenvalue weighted by Crippen LogP contribution is 2.37. The van der Waals surface area contributed by atoms with Crippen LogP contribution in [0.4, 0.5) is 20.4 Å². The Bertz CT molecular complexity index is 1640. The Balaban J connectivity index is 1.81. The number of benzene rings is 3. The maximum atomic E-state index is 13.0. The fraction of sp³-hybridized carbons (Fsp3) is 0.276. The lowest BCUT2D eigenvalue weighted by Gasteiger charge is -2.19. The van der Waals surface area contributed by atoms with E-state index in [1.54, 1.807) is 16.7 Å². The van der Waals surface area contributed by atoms with Crippen LogP contribution in [0, 0.1) is 5.41 Å². The van der Waals surface area contributed by atoms with Gasteiger partial charge in [0, 0.05) is 22.5 Å². The monoisotopic (exact) mass is 681 g/mol. The number of primary amides is 1. The third kappa shape index (κ3) is 7.32. The molecule has 42 heavy (non-hydrogen) atoms. The lowest BCUT2D eigenvalue weighted by molar-refractivity contribution is -0.128. The van der Waals surface area contributed by atoms with Gasteiger partial charge in [-0.3, -0.25) is 9.59 Å². The van der Waals surface area contributed by atoms with Gasteiger partial charge in [0.05, 0.1) is 38.9 Å². The first kappa shape index (κ1) is 31.5. The van der Waals surface area contributed by atoms with E-state index in [-0.39, 0.29) is 28.8 Å². The quantitative estimate of drug-likeness (QED) is 0.163. The molecule has 0 aliphatic rings. The van der Waals surface area contributed by atoms with E-state index >= 15 is 0 Å². The van der Waals surface area contributed by atoms with Crippen molar-refractivity contribution in [2.24, 2.45) is 11.1 Å². The van der Waals surface area contributed by atoms with Crippen LogP contribution in [-0.2, 0) is 17.9 Å². The summed E-state index contributed by atoms with van der Waals surface area (Å²) >= 11 is 16.7. The van der Waals surface area contributed by atoms with Crippen molar-refractivity contribution in [1.29, 1.82) is 0 Å². The SMILES string of the molecule is CC(C)(C)C(=O)NCc1ccc(Cl)c(Nc2nc3cc(C(N)=O)c(OCC(F)F)cc3n2Cc2ccc(Br)cc2)c1Cl. The van der Waals surface area contributed by atoms with E-state index < -0.39 is 24.4 Å². The van der Waals surface area contributed by atoms with Gasteiger partial charge in [-0.05, 0) is 35.4 Å². The number of aromatic nitrogens is 2. The predicted molar refractivity (Wildman–Crippen MR) is 164 cm³/mol. The minimum absolute atomic E-state index is 0.0874. The molecule has 1 aromatic heterocycles. The van der Waals surface area contributed by atoms with Gasteiger partial charge in [0.15, 0.2) is 0 Å². The summed E-state index contributed by atoms with van der Waals surface area (Å²) in [5.41, 5.74) is 7.55. The van der Waals surface area contributed by atoms with Gasteiger partial charge in [-0.15, -0.1) is 0 Å². The molecule has 0 saturated heterocycles. The minimum Gasteiger partial charge on any atom is -0.487 e. The number of carbonyl (C=O) groups excluding carboxylic acids is 2. The van der Waals surface area contributed by atoms with Crippen LogP contribution in [0.3, 0.4) is 0 Å². The van der Waals surface area contributed by atoms with Crippen LogP contribution in [0.15, 0.2) is 53.0 Å². The van der Waals surface area contributed by atoms with E-state index in [1.165, 1.54) is 12.1 Å². The van der Waals surface area contributed by atoms with Crippen molar-refractivity contribution in [1.82, 2.24) is 14.9 Å². The van der Waals surface area contributed by atoms with E-state index in [9.17, 15) is 18.4 Å². The molecule has 4 rings (SSSR count). The average Bonchev–Trinajstić information content (AvgIpc) is 3.24. The Hall–Kier alpha value is -3.41. The second-order valence-corrected chi connectivity index (χ2v) is 12.2. The average molecular weight is 683 g/mol. The van der Waals surface area contributed by atoms with Crippen molar-refractivity contribution in [3.8, 4) is 5.75 Å². The number of nitrogens with two attached hydrogens (primary N) is 1. The van der Waals surface area contributed by atoms with Gasteiger partial charge in [-0.1, -0.05) is 78.1 Å². The van der Waals surface area contributed by atoms with Gasteiger partial charge < -0.3 is 25.7 Å². The van der Waals surface area contributed by atoms with Crippen molar-refractivity contribution >= 4 is 73.6 Å². The molecule has 222 valence electrons. The first-order valence-corrected chi connectivity index (χ1v) is 14.3. The maximum absolute atomic E-state index is 13.0. The van der Waals surface area contributed by atoms with Crippen LogP contribution >= 0.6 is 39.1 Å². The van der Waals surface area contributed by atoms with Crippen molar-refractivity contribution in [3.05, 3.63) is 79.7 Å². The van der Waals surface area contributed by atoms with Gasteiger partial charge in [0.1, 0.15) is 12.4 Å². The molecule has 1 heterocycles. The zero-order valence-corrected chi connectivity index (χ0v) is 26.0. The number of halogens is 5. The first-order chi connectivity index (χ1) is 19.7. The van der Waals surface area contributed by atoms with E-state index in [4.69, 9.17) is 33.7 Å². The molecule has 8 nitrogen and oxygen atoms in total. The van der Waals surface area contributed by atoms with Crippen LogP contribution in [-0.4, -0.2) is 34.4 Å². The summed E-state index contributed by atoms with van der Waals surface area (Å²) in [5, 5.41) is 6.64. The number of imidazole rings is 1. The van der Waals surface area contributed by atoms with Gasteiger partial charge in [0.2, 0.25) is 11.9 Å². The van der Waals surface area contributed by atoms with Crippen LogP contribution in [0.1, 0.15) is 42.3 Å². The second-order valence-electron chi connectivity index (χ2n) is 10.5. The molecule has 0 aliphatic carbocycles. The zero-order valence-electron chi connectivity index (χ0n) is 22.9. The molecule has 4 aromatic rings. The molecule has 0 atom stereocenters. The molecule has 0 saturated carbocycles. The van der Waals surface area contributed by atoms with Crippen molar-refractivity contribution in [2.75, 3.05) is 11.9 Å². The number of anilines is 2. The number of fused-ring (bicyclic) bond motifs is 1. The van der Waals surface area contributed by atoms with Gasteiger partial charge in [0.25, 0.3) is 12.3 Å². The van der Waals surface area contributed by atoms with E-state index in [0.717, 1.165) is 10.0 Å². The molecule has 0 aliphatic heterocycles. The Morgan fingerprint density at radius 2 is 1.81 bits per heavy atom. The largest absolute Gasteiger partial charge is 0.487 e. The van der Waals surface area contributed by atoms with Crippen LogP contribution in [0.2, 0.25) is 10.0 Å². The highest BCUT2D eigenvalue weighted by molar-refractivity contribution is 9.10. The summed E-state index contributed by atoms with van der Waals surface area (Å²) in [4.78, 5) is 29.2. The van der Waals surface area contributed by atoms with Gasteiger partial charge in [-0.2, -0.15) is 0 Å². The van der Waals surface area contributed by atoms with Gasteiger partial charge in [-0.25, -0.2) is 13.8 Å². The molecule has 4 N–H and O–H groups in total. The minimum atomic E-state index is -2.75. The summed E-state index contributed by atoms with van der Waals surface area (Å²) < 4.78 is 33.8. The number of carbonyl (C=O) groups is 2. The van der Waals surface area contributed by atoms with Crippen LogP contribution in [0.5, 0.6) is 5.75 Å². The Kier molecular flexibility index (Phi) is 9.64. The number of amides is 2. The number of rotatable bonds is 10. The van der Waals surface area contributed by atoms with Crippen molar-refractivity contribution in [2.45, 2.75) is 40.3 Å². The molecule has 13 heteroatoms. The van der Waals surface area contributed by atoms with Gasteiger partial charge >= 0.3 is 0 Å². The Morgan fingerprint density at radius 1 is 1.12 bits per heavy atom. The highest BCUT2D eigenvalue weighted by Gasteiger charge is 2.23. The third-order valence-corrected chi connectivity index (χ3v) is 7.54. The van der Waals surface area contributed by atoms with E-state index in [2.05, 4.69) is 31.5 Å². The predicted octanol–water partition coefficient (Wildman–Crippen LogP) is 7.30. The molecule has 0 bridgehead atoms. The molecule has 3 aromatic carbocycles. The summed E-state index contributed by atoms with van der Waals surface area (Å²) in [6.45, 7) is 4.98. The lowest BCUT2D eigenvalue weighted by atomic mass is 9.95. The molecule has 0 unspecified atom stereocenters. The smallest absolute Gasteiger partial charge is 0.272 e. The number of nitrogens with one attached hydrogen (secondary N) is 2. The number of alkyl halides is 2. The molecular formula is C29H28BrCl2F2N5O3. The fourth-order valence-corrected chi connectivity index (χ4v) is 4.84. The number of hydrogen-bond acceptors (Lipinski definition) is 5. The summed E-state index contributed by atoms with van der Waals surface area (Å²) in [7, 11) is 0. The Labute approximate surface area is 259 Å². The molecule has 0 radical (unpaired) electrons. The molecular weight excluding hydrogens is 655 g/mol. The number of hydrogen-bond donors (Lipinski definition) is 3. The lowest BCUT2D eigenvalue weighted by Crippen LogP contribution is -2.34. The standard InChI is InChI=1S/C29H28BrCl2F2N5O3/c1-29(2,3)27(41)36-12-16-6-9-19(31)25(24(16)32)38-28-37-20-10-18(26(35)40)22(42-14-23(33)34)11-21(20)39(28)13-15-4-7-17(30)8-5-15/h4-11,23H,12-14H2,1-3H3,(H2,35,40)(H,36,41)(H,37,38). The van der Waals surface area contributed by atoms with Crippen LogP contribution in [0.25, 0.3) is 11.0 Å². The maximum Gasteiger partial charge on any atom is 0.272 e. The normalized spacial score (nSPS) is 11.6. The Morgan fingerprint density at radius 3 is 2.43 bits per heavy atom. The summed E-state index contributed by atoms with van der Waals surface area (Å²) in [6.07, 6.45) is -2.75. The number of ether oxygens (including phenoxy) is 1. The highest BCUT2D eigenvalue weighted by atomic mass is 79.9. The molecule has 2 amide bonds. The van der Waals surface area contributed by atoms with E-state index in [1.807, 2.05) is 45.0 Å². The van der Waals surface area contributed by atoms with Crippen molar-refractivity contribution in [3.63, 3.8) is 0 Å². The second kappa shape index (κ2) is 12.8. The zero-order chi connectivity index (χ0) is 30.8. The first-order valence-electron chi connectivity index (χ1n) is 12.8. The molecule has 0 spiro atoms. The number of nitrogens with zero attached hydrogens (tertiary/aromatic N) is 2.